The Morgan fingerprint density at radius 3 is 1.98 bits per heavy atom. The molecule has 0 aliphatic heterocycles. The predicted octanol–water partition coefficient (Wildman–Crippen LogP) is 9.47. The Hall–Kier alpha value is -2.93. The molecule has 0 spiro atoms. The Balaban J connectivity index is 1.25. The number of hydrogen-bond acceptors (Lipinski definition) is 11. The second-order valence-corrected chi connectivity index (χ2v) is 15.5. The first-order chi connectivity index (χ1) is 25.2. The maximum atomic E-state index is 12.3. The number of aromatic nitrogens is 2. The molecule has 0 amide bonds. The van der Waals surface area contributed by atoms with E-state index in [0.29, 0.717) is 30.4 Å². The van der Waals surface area contributed by atoms with Gasteiger partial charge in [0.2, 0.25) is 0 Å². The molecule has 2 aromatic heterocycles. The second kappa shape index (κ2) is 25.9. The summed E-state index contributed by atoms with van der Waals surface area (Å²) in [6.45, 7) is 6.54. The van der Waals surface area contributed by atoms with Crippen molar-refractivity contribution in [2.24, 2.45) is 0 Å². The summed E-state index contributed by atoms with van der Waals surface area (Å²) in [6, 6.07) is 10.1. The molecule has 1 N–H and O–H groups in total. The van der Waals surface area contributed by atoms with Crippen LogP contribution in [-0.4, -0.2) is 62.5 Å². The Labute approximate surface area is 312 Å². The van der Waals surface area contributed by atoms with Crippen LogP contribution in [0, 0.1) is 13.8 Å². The van der Waals surface area contributed by atoms with E-state index in [0.717, 1.165) is 43.4 Å². The minimum Gasteiger partial charge on any atom is -0.471 e. The van der Waals surface area contributed by atoms with Gasteiger partial charge in [0.15, 0.2) is 6.10 Å². The van der Waals surface area contributed by atoms with Crippen LogP contribution in [0.3, 0.4) is 0 Å². The lowest BCUT2D eigenvalue weighted by molar-refractivity contribution is -0.0170. The topological polar surface area (TPSA) is 143 Å². The number of nitrogens with zero attached hydrogens (tertiary/aromatic N) is 2. The molecule has 3 rings (SSSR count). The Bertz CT molecular complexity index is 1420. The third kappa shape index (κ3) is 19.2. The molecular weight excluding hydrogens is 685 g/mol. The highest BCUT2D eigenvalue weighted by Gasteiger charge is 2.18. The van der Waals surface area contributed by atoms with Crippen LogP contribution in [0.15, 0.2) is 50.3 Å². The van der Waals surface area contributed by atoms with Crippen LogP contribution >= 0.6 is 0 Å². The van der Waals surface area contributed by atoms with Crippen LogP contribution in [0.5, 0.6) is 11.8 Å². The van der Waals surface area contributed by atoms with E-state index in [2.05, 4.69) is 17.2 Å². The van der Waals surface area contributed by atoms with Gasteiger partial charge in [-0.25, -0.2) is 0 Å². The normalized spacial score (nSPS) is 13.0. The Morgan fingerprint density at radius 1 is 0.712 bits per heavy atom. The summed E-state index contributed by atoms with van der Waals surface area (Å²) in [7, 11) is -3.74. The average Bonchev–Trinajstić information content (AvgIpc) is 3.76. The average molecular weight is 749 g/mol. The van der Waals surface area contributed by atoms with Crippen molar-refractivity contribution in [2.75, 3.05) is 26.4 Å². The summed E-state index contributed by atoms with van der Waals surface area (Å²) in [4.78, 5) is 0.166. The van der Waals surface area contributed by atoms with Crippen LogP contribution in [0.4, 0.5) is 0 Å². The molecule has 3 aromatic rings. The molecule has 0 fully saturated rings. The number of aryl methyl sites for hydroxylation is 3. The van der Waals surface area contributed by atoms with Gasteiger partial charge < -0.3 is 28.4 Å². The summed E-state index contributed by atoms with van der Waals surface area (Å²) in [5, 5.41) is 18.4. The van der Waals surface area contributed by atoms with Crippen LogP contribution in [0.2, 0.25) is 0 Å². The predicted molar refractivity (Wildman–Crippen MR) is 201 cm³/mol. The third-order valence-corrected chi connectivity index (χ3v) is 10.3. The number of rotatable bonds is 32. The number of benzene rings is 1. The zero-order valence-electron chi connectivity index (χ0n) is 31.9. The molecule has 2 unspecified atom stereocenters. The van der Waals surface area contributed by atoms with Gasteiger partial charge in [-0.05, 0) is 55.6 Å². The van der Waals surface area contributed by atoms with Gasteiger partial charge in [0.1, 0.15) is 18.1 Å². The first kappa shape index (κ1) is 43.5. The van der Waals surface area contributed by atoms with E-state index >= 15 is 0 Å². The third-order valence-electron chi connectivity index (χ3n) is 8.97. The highest BCUT2D eigenvalue weighted by atomic mass is 32.2. The maximum absolute atomic E-state index is 12.3. The van der Waals surface area contributed by atoms with E-state index in [9.17, 15) is 13.5 Å². The van der Waals surface area contributed by atoms with Crippen molar-refractivity contribution >= 4 is 10.1 Å². The summed E-state index contributed by atoms with van der Waals surface area (Å²) in [5.41, 5.74) is 0.988. The number of ether oxygens (including phenoxy) is 3. The van der Waals surface area contributed by atoms with Crippen molar-refractivity contribution in [1.82, 2.24) is 10.3 Å². The lowest BCUT2D eigenvalue weighted by Gasteiger charge is -2.18. The molecule has 11 nitrogen and oxygen atoms in total. The van der Waals surface area contributed by atoms with Crippen molar-refractivity contribution in [3.05, 3.63) is 53.5 Å². The highest BCUT2D eigenvalue weighted by molar-refractivity contribution is 7.86. The van der Waals surface area contributed by atoms with Gasteiger partial charge in [0, 0.05) is 18.6 Å². The first-order valence-corrected chi connectivity index (χ1v) is 21.1. The number of aliphatic hydroxyl groups is 1. The van der Waals surface area contributed by atoms with Crippen LogP contribution in [-0.2, 0) is 25.5 Å². The lowest BCUT2D eigenvalue weighted by Crippen LogP contribution is -2.31. The van der Waals surface area contributed by atoms with Crippen LogP contribution in [0.25, 0.3) is 0 Å². The van der Waals surface area contributed by atoms with Gasteiger partial charge in [0.05, 0.1) is 30.8 Å². The van der Waals surface area contributed by atoms with Crippen molar-refractivity contribution in [3.8, 4) is 11.8 Å². The first-order valence-electron chi connectivity index (χ1n) is 19.7. The van der Waals surface area contributed by atoms with E-state index < -0.39 is 22.3 Å². The molecule has 0 aliphatic rings. The number of hydrogen-bond donors (Lipinski definition) is 1. The molecule has 0 radical (unpaired) electrons. The minimum atomic E-state index is -3.74. The maximum Gasteiger partial charge on any atom is 0.296 e. The van der Waals surface area contributed by atoms with E-state index in [1.54, 1.807) is 37.3 Å². The van der Waals surface area contributed by atoms with Gasteiger partial charge in [0.25, 0.3) is 21.9 Å². The lowest BCUT2D eigenvalue weighted by atomic mass is 10.0. The van der Waals surface area contributed by atoms with Crippen molar-refractivity contribution in [1.29, 1.82) is 0 Å². The molecule has 2 heterocycles. The fourth-order valence-electron chi connectivity index (χ4n) is 5.86. The Morgan fingerprint density at radius 2 is 1.33 bits per heavy atom. The largest absolute Gasteiger partial charge is 0.471 e. The highest BCUT2D eigenvalue weighted by Crippen LogP contribution is 2.19. The second-order valence-electron chi connectivity index (χ2n) is 13.9. The van der Waals surface area contributed by atoms with E-state index in [-0.39, 0.29) is 31.3 Å². The van der Waals surface area contributed by atoms with Gasteiger partial charge in [-0.2, -0.15) is 8.42 Å². The van der Waals surface area contributed by atoms with Gasteiger partial charge in [-0.15, -0.1) is 0 Å². The van der Waals surface area contributed by atoms with Gasteiger partial charge >= 0.3 is 0 Å². The molecular formula is C40H64N2O9S. The SMILES string of the molecule is CCCCCCCCCCCCCCCc1cc(OCC(COCC(O)CCCCCCOS(=O)(=O)c2ccc(C)cc2)Oc2cc(C)on2)no1. The number of aliphatic hydroxyl groups excluding tert-OH is 1. The molecule has 0 aliphatic carbocycles. The van der Waals surface area contributed by atoms with Gasteiger partial charge in [-0.1, -0.05) is 121 Å². The fourth-order valence-corrected chi connectivity index (χ4v) is 6.80. The molecule has 1 aromatic carbocycles. The molecule has 294 valence electrons. The molecule has 0 saturated heterocycles. The fraction of sp³-hybridized carbons (Fsp3) is 0.700. The van der Waals surface area contributed by atoms with Crippen LogP contribution in [0.1, 0.15) is 140 Å². The monoisotopic (exact) mass is 748 g/mol. The quantitative estimate of drug-likeness (QED) is 0.0482. The smallest absolute Gasteiger partial charge is 0.296 e. The summed E-state index contributed by atoms with van der Waals surface area (Å²) in [5.74, 6) is 2.16. The molecule has 12 heteroatoms. The summed E-state index contributed by atoms with van der Waals surface area (Å²) in [6.07, 6.45) is 20.4. The van der Waals surface area contributed by atoms with Crippen molar-refractivity contribution in [2.45, 2.75) is 160 Å². The molecule has 0 bridgehead atoms. The van der Waals surface area contributed by atoms with E-state index in [4.69, 9.17) is 27.4 Å². The van der Waals surface area contributed by atoms with Crippen LogP contribution < -0.4 is 9.47 Å². The molecule has 52 heavy (non-hydrogen) atoms. The van der Waals surface area contributed by atoms with Crippen molar-refractivity contribution in [3.63, 3.8) is 0 Å². The molecule has 2 atom stereocenters. The van der Waals surface area contributed by atoms with Gasteiger partial charge in [-0.3, -0.25) is 4.18 Å². The summed E-state index contributed by atoms with van der Waals surface area (Å²) >= 11 is 0. The number of unbranched alkanes of at least 4 members (excludes halogenated alkanes) is 15. The minimum absolute atomic E-state index is 0.130. The zero-order valence-corrected chi connectivity index (χ0v) is 32.7. The van der Waals surface area contributed by atoms with Crippen molar-refractivity contribution < 1.29 is 41.0 Å². The molecule has 0 saturated carbocycles. The standard InChI is InChI=1S/C40H64N2O9S/c1-4-5-6-7-8-9-10-11-12-13-14-15-19-22-36-29-39(41-51-36)47-32-37(49-40-28-34(3)50-42-40)31-46-30-35(43)21-18-16-17-20-27-48-52(44,45)38-25-23-33(2)24-26-38/h23-26,28-29,35,37,43H,4-22,27,30-32H2,1-3H3. The zero-order chi connectivity index (χ0) is 37.3. The Kier molecular flexibility index (Phi) is 21.7. The summed E-state index contributed by atoms with van der Waals surface area (Å²) < 4.78 is 58.0. The van der Waals surface area contributed by atoms with E-state index in [1.807, 2.05) is 13.0 Å². The van der Waals surface area contributed by atoms with E-state index in [1.165, 1.54) is 77.0 Å².